The molecule has 0 aliphatic heterocycles. The minimum absolute atomic E-state index is 0.102. The summed E-state index contributed by atoms with van der Waals surface area (Å²) in [5, 5.41) is 0. The van der Waals surface area contributed by atoms with Crippen LogP contribution in [0.25, 0.3) is 0 Å². The van der Waals surface area contributed by atoms with Gasteiger partial charge in [-0.25, -0.2) is 4.39 Å². The van der Waals surface area contributed by atoms with Gasteiger partial charge in [-0.1, -0.05) is 6.07 Å². The third-order valence-corrected chi connectivity index (χ3v) is 2.44. The van der Waals surface area contributed by atoms with Crippen molar-refractivity contribution < 1.29 is 4.39 Å². The van der Waals surface area contributed by atoms with Crippen molar-refractivity contribution in [1.82, 2.24) is 4.57 Å². The van der Waals surface area contributed by atoms with E-state index < -0.39 is 6.17 Å². The lowest BCUT2D eigenvalue weighted by Crippen LogP contribution is -2.20. The molecule has 72 valence electrons. The van der Waals surface area contributed by atoms with Gasteiger partial charge in [-0.15, -0.1) is 0 Å². The fourth-order valence-electron chi connectivity index (χ4n) is 1.02. The number of hydrogen-bond acceptors (Lipinski definition) is 1. The van der Waals surface area contributed by atoms with Crippen LogP contribution in [0, 0.1) is 0 Å². The van der Waals surface area contributed by atoms with Crippen molar-refractivity contribution in [3.05, 3.63) is 33.2 Å². The van der Waals surface area contributed by atoms with Gasteiger partial charge in [0, 0.05) is 12.6 Å². The maximum atomic E-state index is 12.5. The summed E-state index contributed by atoms with van der Waals surface area (Å²) in [5.41, 5.74) is -0.102. The van der Waals surface area contributed by atoms with E-state index in [1.807, 2.05) is 0 Å². The van der Waals surface area contributed by atoms with Crippen molar-refractivity contribution in [2.75, 3.05) is 0 Å². The summed E-state index contributed by atoms with van der Waals surface area (Å²) in [5.74, 6) is 0. The fourth-order valence-corrected chi connectivity index (χ4v) is 1.52. The van der Waals surface area contributed by atoms with Gasteiger partial charge in [0.15, 0.2) is 0 Å². The number of hydrogen-bond donors (Lipinski definition) is 0. The van der Waals surface area contributed by atoms with Crippen LogP contribution in [0.4, 0.5) is 4.39 Å². The monoisotopic (exact) mass is 247 g/mol. The Kier molecular flexibility index (Phi) is 3.66. The smallest absolute Gasteiger partial charge is 0.251 e. The van der Waals surface area contributed by atoms with Crippen molar-refractivity contribution in [1.29, 1.82) is 0 Å². The molecular weight excluding hydrogens is 237 g/mol. The van der Waals surface area contributed by atoms with Crippen LogP contribution in [0.3, 0.4) is 0 Å². The van der Waals surface area contributed by atoms with Crippen LogP contribution < -0.4 is 5.56 Å². The normalized spacial score (nSPS) is 12.8. The second-order valence-electron chi connectivity index (χ2n) is 2.91. The first kappa shape index (κ1) is 10.4. The summed E-state index contributed by atoms with van der Waals surface area (Å²) in [7, 11) is 0. The average Bonchev–Trinajstić information content (AvgIpc) is 2.03. The highest BCUT2D eigenvalue weighted by Crippen LogP contribution is 2.07. The Morgan fingerprint density at radius 2 is 2.31 bits per heavy atom. The van der Waals surface area contributed by atoms with Gasteiger partial charge in [-0.05, 0) is 35.3 Å². The molecule has 1 aromatic heterocycles. The number of aromatic nitrogens is 1. The molecule has 1 rings (SSSR count). The quantitative estimate of drug-likeness (QED) is 0.752. The summed E-state index contributed by atoms with van der Waals surface area (Å²) in [6.07, 6.45) is -0.512. The Balaban J connectivity index is 2.81. The summed E-state index contributed by atoms with van der Waals surface area (Å²) >= 11 is 3.24. The van der Waals surface area contributed by atoms with Gasteiger partial charge in [0.1, 0.15) is 0 Å². The topological polar surface area (TPSA) is 22.0 Å². The molecule has 0 saturated heterocycles. The first-order valence-corrected chi connectivity index (χ1v) is 4.90. The molecular formula is C9H11BrFNO. The Morgan fingerprint density at radius 3 is 2.85 bits per heavy atom. The lowest BCUT2D eigenvalue weighted by atomic mass is 10.3. The molecule has 0 N–H and O–H groups in total. The van der Waals surface area contributed by atoms with Crippen LogP contribution in [0.5, 0.6) is 0 Å². The van der Waals surface area contributed by atoms with Crippen molar-refractivity contribution >= 4 is 15.9 Å². The molecule has 0 saturated carbocycles. The lowest BCUT2D eigenvalue weighted by molar-refractivity contribution is 0.323. The zero-order valence-corrected chi connectivity index (χ0v) is 8.92. The maximum Gasteiger partial charge on any atom is 0.251 e. The predicted octanol–water partition coefficient (Wildman–Crippen LogP) is 2.36. The van der Waals surface area contributed by atoms with E-state index in [0.29, 0.717) is 17.6 Å². The van der Waals surface area contributed by atoms with E-state index in [1.54, 1.807) is 12.1 Å². The molecule has 0 amide bonds. The second-order valence-corrected chi connectivity index (χ2v) is 3.72. The molecule has 1 heterocycles. The van der Waals surface area contributed by atoms with Crippen LogP contribution >= 0.6 is 15.9 Å². The Labute approximate surface area is 84.5 Å². The van der Waals surface area contributed by atoms with Crippen molar-refractivity contribution in [3.8, 4) is 0 Å². The molecule has 2 nitrogen and oxygen atoms in total. The highest BCUT2D eigenvalue weighted by Gasteiger charge is 2.03. The molecule has 0 spiro atoms. The largest absolute Gasteiger partial charge is 0.303 e. The standard InChI is InChI=1S/C9H11BrFNO/c1-7(11)5-6-12-8(10)3-2-4-9(12)13/h2-4,7H,5-6H2,1H3. The van der Waals surface area contributed by atoms with Crippen LogP contribution in [-0.2, 0) is 6.54 Å². The molecule has 1 atom stereocenters. The molecule has 1 unspecified atom stereocenters. The first-order valence-electron chi connectivity index (χ1n) is 4.10. The molecule has 1 aromatic rings. The van der Waals surface area contributed by atoms with E-state index in [2.05, 4.69) is 15.9 Å². The van der Waals surface area contributed by atoms with E-state index in [-0.39, 0.29) is 5.56 Å². The van der Waals surface area contributed by atoms with Gasteiger partial charge in [0.2, 0.25) is 0 Å². The molecule has 0 aliphatic rings. The summed E-state index contributed by atoms with van der Waals surface area (Å²) in [4.78, 5) is 11.3. The van der Waals surface area contributed by atoms with Crippen LogP contribution in [0.15, 0.2) is 27.6 Å². The van der Waals surface area contributed by atoms with E-state index in [1.165, 1.54) is 17.6 Å². The molecule has 4 heteroatoms. The zero-order valence-electron chi connectivity index (χ0n) is 7.34. The van der Waals surface area contributed by atoms with E-state index in [0.717, 1.165) is 0 Å². The molecule has 0 fully saturated rings. The molecule has 0 aromatic carbocycles. The predicted molar refractivity (Wildman–Crippen MR) is 53.6 cm³/mol. The van der Waals surface area contributed by atoms with E-state index in [4.69, 9.17) is 0 Å². The highest BCUT2D eigenvalue weighted by atomic mass is 79.9. The SMILES string of the molecule is CC(F)CCn1c(Br)cccc1=O. The summed E-state index contributed by atoms with van der Waals surface area (Å²) in [6.45, 7) is 1.90. The lowest BCUT2D eigenvalue weighted by Gasteiger charge is -2.07. The van der Waals surface area contributed by atoms with Gasteiger partial charge in [0.05, 0.1) is 10.8 Å². The van der Waals surface area contributed by atoms with Crippen LogP contribution in [0.2, 0.25) is 0 Å². The summed E-state index contributed by atoms with van der Waals surface area (Å²) < 4.78 is 14.7. The minimum atomic E-state index is -0.876. The second kappa shape index (κ2) is 4.56. The van der Waals surface area contributed by atoms with Gasteiger partial charge in [-0.3, -0.25) is 4.79 Å². The van der Waals surface area contributed by atoms with Gasteiger partial charge < -0.3 is 4.57 Å². The first-order chi connectivity index (χ1) is 6.11. The van der Waals surface area contributed by atoms with Gasteiger partial charge >= 0.3 is 0 Å². The number of rotatable bonds is 3. The Hall–Kier alpha value is -0.640. The maximum absolute atomic E-state index is 12.5. The van der Waals surface area contributed by atoms with Crippen molar-refractivity contribution in [2.24, 2.45) is 0 Å². The number of nitrogens with zero attached hydrogens (tertiary/aromatic N) is 1. The minimum Gasteiger partial charge on any atom is -0.303 e. The zero-order chi connectivity index (χ0) is 9.84. The van der Waals surface area contributed by atoms with E-state index >= 15 is 0 Å². The Bertz CT molecular complexity index is 335. The third-order valence-electron chi connectivity index (χ3n) is 1.75. The molecule has 0 bridgehead atoms. The van der Waals surface area contributed by atoms with Gasteiger partial charge in [0.25, 0.3) is 5.56 Å². The Morgan fingerprint density at radius 1 is 1.62 bits per heavy atom. The van der Waals surface area contributed by atoms with Gasteiger partial charge in [-0.2, -0.15) is 0 Å². The average molecular weight is 248 g/mol. The highest BCUT2D eigenvalue weighted by molar-refractivity contribution is 9.10. The summed E-state index contributed by atoms with van der Waals surface area (Å²) in [6, 6.07) is 4.90. The molecule has 13 heavy (non-hydrogen) atoms. The third kappa shape index (κ3) is 2.95. The fraction of sp³-hybridized carbons (Fsp3) is 0.444. The van der Waals surface area contributed by atoms with Crippen molar-refractivity contribution in [3.63, 3.8) is 0 Å². The van der Waals surface area contributed by atoms with Crippen molar-refractivity contribution in [2.45, 2.75) is 26.1 Å². The van der Waals surface area contributed by atoms with Crippen LogP contribution in [-0.4, -0.2) is 10.7 Å². The number of halogens is 2. The van der Waals surface area contributed by atoms with E-state index in [9.17, 15) is 9.18 Å². The molecule has 0 radical (unpaired) electrons. The number of pyridine rings is 1. The van der Waals surface area contributed by atoms with Crippen LogP contribution in [0.1, 0.15) is 13.3 Å². The number of alkyl halides is 1. The molecule has 0 aliphatic carbocycles.